The number of nitrogens with one attached hydrogen (secondary N) is 2. The second kappa shape index (κ2) is 7.82. The smallest absolute Gasteiger partial charge is 0.315 e. The van der Waals surface area contributed by atoms with Crippen LogP contribution in [0.5, 0.6) is 0 Å². The van der Waals surface area contributed by atoms with E-state index in [9.17, 15) is 4.79 Å². The summed E-state index contributed by atoms with van der Waals surface area (Å²) >= 11 is 0. The highest BCUT2D eigenvalue weighted by molar-refractivity contribution is 5.74. The first kappa shape index (κ1) is 17.8. The van der Waals surface area contributed by atoms with Crippen molar-refractivity contribution < 1.29 is 4.79 Å². The van der Waals surface area contributed by atoms with E-state index in [-0.39, 0.29) is 12.1 Å². The maximum atomic E-state index is 11.9. The molecule has 1 aliphatic rings. The Kier molecular flexibility index (Phi) is 6.05. The third kappa shape index (κ3) is 5.87. The van der Waals surface area contributed by atoms with Crippen LogP contribution in [0.3, 0.4) is 0 Å². The van der Waals surface area contributed by atoms with Crippen molar-refractivity contribution in [2.24, 2.45) is 17.1 Å². The van der Waals surface area contributed by atoms with Gasteiger partial charge in [0, 0.05) is 18.6 Å². The lowest BCUT2D eigenvalue weighted by Crippen LogP contribution is -2.51. The van der Waals surface area contributed by atoms with E-state index in [0.717, 1.165) is 25.7 Å². The highest BCUT2D eigenvalue weighted by atomic mass is 16.2. The zero-order chi connectivity index (χ0) is 16.9. The Morgan fingerprint density at radius 1 is 1.26 bits per heavy atom. The van der Waals surface area contributed by atoms with Crippen LogP contribution in [-0.2, 0) is 6.42 Å². The van der Waals surface area contributed by atoms with Crippen LogP contribution in [0.4, 0.5) is 4.79 Å². The Labute approximate surface area is 140 Å². The van der Waals surface area contributed by atoms with Crippen LogP contribution >= 0.6 is 0 Å². The van der Waals surface area contributed by atoms with E-state index >= 15 is 0 Å². The van der Waals surface area contributed by atoms with Crippen LogP contribution < -0.4 is 16.4 Å². The second-order valence-corrected chi connectivity index (χ2v) is 7.87. The topological polar surface area (TPSA) is 67.2 Å². The molecule has 4 heteroatoms. The molecule has 0 saturated heterocycles. The van der Waals surface area contributed by atoms with Gasteiger partial charge >= 0.3 is 6.03 Å². The third-order valence-electron chi connectivity index (χ3n) is 4.84. The summed E-state index contributed by atoms with van der Waals surface area (Å²) in [6, 6.07) is 10.6. The highest BCUT2D eigenvalue weighted by Crippen LogP contribution is 2.41. The normalized spacial score (nSPS) is 22.1. The predicted octanol–water partition coefficient (Wildman–Crippen LogP) is 3.07. The van der Waals surface area contributed by atoms with Gasteiger partial charge in [-0.15, -0.1) is 0 Å². The minimum atomic E-state index is -0.0609. The summed E-state index contributed by atoms with van der Waals surface area (Å²) in [5, 5.41) is 5.97. The van der Waals surface area contributed by atoms with Crippen molar-refractivity contribution in [3.63, 3.8) is 0 Å². The van der Waals surface area contributed by atoms with Crippen LogP contribution in [0.15, 0.2) is 30.3 Å². The van der Waals surface area contributed by atoms with Crippen LogP contribution in [0.2, 0.25) is 0 Å². The van der Waals surface area contributed by atoms with Crippen LogP contribution in [0.1, 0.15) is 45.6 Å². The number of rotatable bonds is 6. The number of urea groups is 1. The summed E-state index contributed by atoms with van der Waals surface area (Å²) in [5.41, 5.74) is 7.71. The summed E-state index contributed by atoms with van der Waals surface area (Å²) < 4.78 is 0. The molecule has 1 unspecified atom stereocenters. The summed E-state index contributed by atoms with van der Waals surface area (Å²) in [6.07, 6.45) is 3.81. The standard InChI is InChI=1S/C19H31N3O/c1-19(2,3)15-12-17(13-15)22-18(23)21-10-9-16(20)11-14-7-5-4-6-8-14/h4-8,15-17H,9-13,20H2,1-3H3,(H2,21,22,23). The van der Waals surface area contributed by atoms with Gasteiger partial charge in [0.15, 0.2) is 0 Å². The minimum Gasteiger partial charge on any atom is -0.338 e. The largest absolute Gasteiger partial charge is 0.338 e. The molecule has 2 rings (SSSR count). The molecule has 0 bridgehead atoms. The average Bonchev–Trinajstić information content (AvgIpc) is 2.42. The minimum absolute atomic E-state index is 0.0609. The van der Waals surface area contributed by atoms with E-state index in [0.29, 0.717) is 23.9 Å². The van der Waals surface area contributed by atoms with Crippen molar-refractivity contribution in [2.75, 3.05) is 6.54 Å². The molecule has 0 aromatic heterocycles. The average molecular weight is 317 g/mol. The van der Waals surface area contributed by atoms with Gasteiger partial charge in [0.25, 0.3) is 0 Å². The lowest BCUT2D eigenvalue weighted by Gasteiger charge is -2.43. The molecule has 0 spiro atoms. The summed E-state index contributed by atoms with van der Waals surface area (Å²) in [7, 11) is 0. The van der Waals surface area contributed by atoms with Gasteiger partial charge in [0.2, 0.25) is 0 Å². The predicted molar refractivity (Wildman–Crippen MR) is 95.2 cm³/mol. The zero-order valence-corrected chi connectivity index (χ0v) is 14.6. The third-order valence-corrected chi connectivity index (χ3v) is 4.84. The van der Waals surface area contributed by atoms with Crippen molar-refractivity contribution in [2.45, 2.75) is 58.5 Å². The van der Waals surface area contributed by atoms with E-state index in [1.807, 2.05) is 18.2 Å². The van der Waals surface area contributed by atoms with Gasteiger partial charge < -0.3 is 16.4 Å². The van der Waals surface area contributed by atoms with Gasteiger partial charge in [-0.25, -0.2) is 4.79 Å². The monoisotopic (exact) mass is 317 g/mol. The number of carbonyl (C=O) groups is 1. The van der Waals surface area contributed by atoms with Gasteiger partial charge in [0.1, 0.15) is 0 Å². The highest BCUT2D eigenvalue weighted by Gasteiger charge is 2.37. The number of hydrogen-bond acceptors (Lipinski definition) is 2. The Morgan fingerprint density at radius 3 is 2.52 bits per heavy atom. The van der Waals surface area contributed by atoms with Crippen LogP contribution in [-0.4, -0.2) is 24.7 Å². The first-order valence-electron chi connectivity index (χ1n) is 8.68. The molecule has 1 aromatic rings. The Balaban J connectivity index is 1.57. The van der Waals surface area contributed by atoms with E-state index in [1.165, 1.54) is 5.56 Å². The number of hydrogen-bond donors (Lipinski definition) is 3. The molecule has 128 valence electrons. The SMILES string of the molecule is CC(C)(C)C1CC(NC(=O)NCCC(N)Cc2ccccc2)C1. The number of carbonyl (C=O) groups excluding carboxylic acids is 1. The van der Waals surface area contributed by atoms with Crippen molar-refractivity contribution in [1.82, 2.24) is 10.6 Å². The van der Waals surface area contributed by atoms with E-state index in [1.54, 1.807) is 0 Å². The molecule has 1 aromatic carbocycles. The van der Waals surface area contributed by atoms with Crippen molar-refractivity contribution >= 4 is 6.03 Å². The van der Waals surface area contributed by atoms with Crippen molar-refractivity contribution in [3.05, 3.63) is 35.9 Å². The summed E-state index contributed by atoms with van der Waals surface area (Å²) in [5.74, 6) is 0.715. The van der Waals surface area contributed by atoms with Gasteiger partial charge in [-0.3, -0.25) is 0 Å². The quantitative estimate of drug-likeness (QED) is 0.755. The molecule has 0 radical (unpaired) electrons. The molecule has 1 fully saturated rings. The van der Waals surface area contributed by atoms with Gasteiger partial charge in [-0.1, -0.05) is 51.1 Å². The number of amides is 2. The molecule has 4 N–H and O–H groups in total. The number of nitrogens with two attached hydrogens (primary N) is 1. The first-order chi connectivity index (χ1) is 10.8. The fourth-order valence-electron chi connectivity index (χ4n) is 3.07. The summed E-state index contributed by atoms with van der Waals surface area (Å²) in [6.45, 7) is 7.42. The van der Waals surface area contributed by atoms with Crippen LogP contribution in [0, 0.1) is 11.3 Å². The molecular formula is C19H31N3O. The summed E-state index contributed by atoms with van der Waals surface area (Å²) in [4.78, 5) is 11.9. The Bertz CT molecular complexity index is 489. The fourth-order valence-corrected chi connectivity index (χ4v) is 3.07. The maximum absolute atomic E-state index is 11.9. The van der Waals surface area contributed by atoms with E-state index < -0.39 is 0 Å². The van der Waals surface area contributed by atoms with Crippen molar-refractivity contribution in [3.8, 4) is 0 Å². The molecule has 1 saturated carbocycles. The maximum Gasteiger partial charge on any atom is 0.315 e. The molecular weight excluding hydrogens is 286 g/mol. The molecule has 1 aliphatic carbocycles. The Morgan fingerprint density at radius 2 is 1.91 bits per heavy atom. The molecule has 2 amide bonds. The van der Waals surface area contributed by atoms with E-state index in [4.69, 9.17) is 5.73 Å². The van der Waals surface area contributed by atoms with Crippen LogP contribution in [0.25, 0.3) is 0 Å². The molecule has 23 heavy (non-hydrogen) atoms. The molecule has 1 atom stereocenters. The van der Waals surface area contributed by atoms with Gasteiger partial charge in [-0.2, -0.15) is 0 Å². The molecule has 0 heterocycles. The zero-order valence-electron chi connectivity index (χ0n) is 14.6. The second-order valence-electron chi connectivity index (χ2n) is 7.87. The van der Waals surface area contributed by atoms with Gasteiger partial charge in [-0.05, 0) is 42.6 Å². The molecule has 0 aliphatic heterocycles. The Hall–Kier alpha value is -1.55. The lowest BCUT2D eigenvalue weighted by molar-refractivity contribution is 0.102. The lowest BCUT2D eigenvalue weighted by atomic mass is 9.66. The fraction of sp³-hybridized carbons (Fsp3) is 0.632. The number of benzene rings is 1. The van der Waals surface area contributed by atoms with Crippen molar-refractivity contribution in [1.29, 1.82) is 0 Å². The first-order valence-corrected chi connectivity index (χ1v) is 8.68. The van der Waals surface area contributed by atoms with E-state index in [2.05, 4.69) is 43.5 Å². The van der Waals surface area contributed by atoms with Gasteiger partial charge in [0.05, 0.1) is 0 Å². The molecule has 4 nitrogen and oxygen atoms in total.